The van der Waals surface area contributed by atoms with Crippen LogP contribution in [0.2, 0.25) is 0 Å². The Labute approximate surface area is 109 Å². The van der Waals surface area contributed by atoms with Crippen LogP contribution in [0.25, 0.3) is 10.8 Å². The molecule has 18 heavy (non-hydrogen) atoms. The van der Waals surface area contributed by atoms with Gasteiger partial charge in [0.15, 0.2) is 0 Å². The van der Waals surface area contributed by atoms with Gasteiger partial charge in [0.1, 0.15) is 5.78 Å². The van der Waals surface area contributed by atoms with E-state index in [1.165, 1.54) is 16.3 Å². The summed E-state index contributed by atoms with van der Waals surface area (Å²) in [7, 11) is 0. The summed E-state index contributed by atoms with van der Waals surface area (Å²) in [4.78, 5) is 11.1. The molecule has 2 aromatic carbocycles. The van der Waals surface area contributed by atoms with E-state index in [1.54, 1.807) is 6.92 Å². The van der Waals surface area contributed by atoms with Crippen molar-refractivity contribution in [3.63, 3.8) is 0 Å². The lowest BCUT2D eigenvalue weighted by Gasteiger charge is -2.19. The van der Waals surface area contributed by atoms with Crippen molar-refractivity contribution >= 4 is 16.6 Å². The summed E-state index contributed by atoms with van der Waals surface area (Å²) < 4.78 is 0. The molecule has 0 bridgehead atoms. The molecule has 0 heterocycles. The average molecular weight is 240 g/mol. The molecule has 1 heteroatoms. The van der Waals surface area contributed by atoms with Crippen molar-refractivity contribution in [3.05, 3.63) is 47.5 Å². The molecule has 2 rings (SSSR count). The molecule has 0 aliphatic heterocycles. The lowest BCUT2D eigenvalue weighted by Crippen LogP contribution is -2.10. The Kier molecular flexibility index (Phi) is 3.25. The molecule has 0 amide bonds. The maximum absolute atomic E-state index is 11.1. The summed E-state index contributed by atoms with van der Waals surface area (Å²) in [5.41, 5.74) is 2.61. The number of hydrogen-bond acceptors (Lipinski definition) is 1. The molecule has 0 aliphatic rings. The van der Waals surface area contributed by atoms with Gasteiger partial charge in [0.05, 0.1) is 0 Å². The molecule has 0 aromatic heterocycles. The summed E-state index contributed by atoms with van der Waals surface area (Å²) in [5.74, 6) is 0.209. The van der Waals surface area contributed by atoms with Crippen molar-refractivity contribution in [2.75, 3.05) is 0 Å². The number of ketones is 1. The largest absolute Gasteiger partial charge is 0.300 e. The van der Waals surface area contributed by atoms with Crippen LogP contribution in [0.4, 0.5) is 0 Å². The van der Waals surface area contributed by atoms with Crippen LogP contribution in [0.3, 0.4) is 0 Å². The third-order valence-corrected chi connectivity index (χ3v) is 3.22. The van der Waals surface area contributed by atoms with E-state index in [1.807, 2.05) is 0 Å². The summed E-state index contributed by atoms with van der Waals surface area (Å²) in [6, 6.07) is 12.9. The molecule has 0 unspecified atom stereocenters. The van der Waals surface area contributed by atoms with Gasteiger partial charge in [0.2, 0.25) is 0 Å². The van der Waals surface area contributed by atoms with Gasteiger partial charge in [-0.2, -0.15) is 0 Å². The zero-order chi connectivity index (χ0) is 13.3. The van der Waals surface area contributed by atoms with Crippen LogP contribution in [-0.4, -0.2) is 5.78 Å². The average Bonchev–Trinajstić information content (AvgIpc) is 2.26. The van der Waals surface area contributed by atoms with Crippen LogP contribution in [0.5, 0.6) is 0 Å². The van der Waals surface area contributed by atoms with Crippen LogP contribution < -0.4 is 0 Å². The summed E-state index contributed by atoms with van der Waals surface area (Å²) in [6.45, 7) is 8.29. The van der Waals surface area contributed by atoms with Crippen molar-refractivity contribution in [2.24, 2.45) is 0 Å². The van der Waals surface area contributed by atoms with Crippen molar-refractivity contribution in [1.82, 2.24) is 0 Å². The van der Waals surface area contributed by atoms with Crippen molar-refractivity contribution in [3.8, 4) is 0 Å². The number of hydrogen-bond donors (Lipinski definition) is 0. The van der Waals surface area contributed by atoms with E-state index in [0.29, 0.717) is 6.42 Å². The first-order valence-electron chi connectivity index (χ1n) is 6.39. The predicted octanol–water partition coefficient (Wildman–Crippen LogP) is 4.27. The van der Waals surface area contributed by atoms with Crippen molar-refractivity contribution in [2.45, 2.75) is 39.5 Å². The Morgan fingerprint density at radius 2 is 1.61 bits per heavy atom. The zero-order valence-electron chi connectivity index (χ0n) is 11.6. The third-order valence-electron chi connectivity index (χ3n) is 3.22. The topological polar surface area (TPSA) is 17.1 Å². The summed E-state index contributed by atoms with van der Waals surface area (Å²) in [5, 5.41) is 2.46. The van der Waals surface area contributed by atoms with E-state index in [0.717, 1.165) is 5.56 Å². The fraction of sp³-hybridized carbons (Fsp3) is 0.353. The summed E-state index contributed by atoms with van der Waals surface area (Å²) in [6.07, 6.45) is 0.525. The second kappa shape index (κ2) is 4.56. The highest BCUT2D eigenvalue weighted by Gasteiger charge is 2.13. The van der Waals surface area contributed by atoms with Gasteiger partial charge in [0.25, 0.3) is 0 Å². The Bertz CT molecular complexity index is 588. The fourth-order valence-electron chi connectivity index (χ4n) is 2.16. The predicted molar refractivity (Wildman–Crippen MR) is 77.0 cm³/mol. The second-order valence-corrected chi connectivity index (χ2v) is 6.03. The lowest BCUT2D eigenvalue weighted by atomic mass is 9.86. The minimum Gasteiger partial charge on any atom is -0.300 e. The Balaban J connectivity index is 2.45. The quantitative estimate of drug-likeness (QED) is 0.766. The molecular weight excluding hydrogens is 220 g/mol. The van der Waals surface area contributed by atoms with Crippen LogP contribution in [0, 0.1) is 0 Å². The molecule has 2 aromatic rings. The van der Waals surface area contributed by atoms with Crippen LogP contribution in [0.1, 0.15) is 38.8 Å². The number of carbonyl (C=O) groups is 1. The fourth-order valence-corrected chi connectivity index (χ4v) is 2.16. The Morgan fingerprint density at radius 3 is 2.22 bits per heavy atom. The SMILES string of the molecule is CC(=O)Cc1ccc2cc(C(C)(C)C)ccc2c1. The highest BCUT2D eigenvalue weighted by atomic mass is 16.1. The molecule has 0 fully saturated rings. The highest BCUT2D eigenvalue weighted by Crippen LogP contribution is 2.26. The molecule has 0 spiro atoms. The van der Waals surface area contributed by atoms with E-state index in [9.17, 15) is 4.79 Å². The molecule has 0 atom stereocenters. The molecule has 0 saturated carbocycles. The van der Waals surface area contributed by atoms with Gasteiger partial charge in [-0.05, 0) is 34.2 Å². The normalized spacial score (nSPS) is 11.8. The molecule has 0 aliphatic carbocycles. The Morgan fingerprint density at radius 1 is 1.00 bits per heavy atom. The van der Waals surface area contributed by atoms with Gasteiger partial charge in [-0.25, -0.2) is 0 Å². The first-order valence-corrected chi connectivity index (χ1v) is 6.39. The van der Waals surface area contributed by atoms with Gasteiger partial charge >= 0.3 is 0 Å². The first-order chi connectivity index (χ1) is 8.36. The van der Waals surface area contributed by atoms with E-state index in [4.69, 9.17) is 0 Å². The lowest BCUT2D eigenvalue weighted by molar-refractivity contribution is -0.116. The maximum atomic E-state index is 11.1. The molecule has 94 valence electrons. The highest BCUT2D eigenvalue weighted by molar-refractivity contribution is 5.86. The first kappa shape index (κ1) is 12.8. The van der Waals surface area contributed by atoms with Crippen LogP contribution >= 0.6 is 0 Å². The molecule has 1 nitrogen and oxygen atoms in total. The van der Waals surface area contributed by atoms with Gasteiger partial charge in [-0.3, -0.25) is 4.79 Å². The monoisotopic (exact) mass is 240 g/mol. The second-order valence-electron chi connectivity index (χ2n) is 6.03. The van der Waals surface area contributed by atoms with Gasteiger partial charge in [-0.1, -0.05) is 57.2 Å². The standard InChI is InChI=1S/C17H20O/c1-12(18)9-13-5-6-15-11-16(17(2,3)4)8-7-14(15)10-13/h5-8,10-11H,9H2,1-4H3. The molecule has 0 saturated heterocycles. The van der Waals surface area contributed by atoms with E-state index < -0.39 is 0 Å². The van der Waals surface area contributed by atoms with E-state index >= 15 is 0 Å². The molecule has 0 N–H and O–H groups in total. The zero-order valence-corrected chi connectivity index (χ0v) is 11.6. The minimum absolute atomic E-state index is 0.173. The summed E-state index contributed by atoms with van der Waals surface area (Å²) >= 11 is 0. The minimum atomic E-state index is 0.173. The van der Waals surface area contributed by atoms with E-state index in [-0.39, 0.29) is 11.2 Å². The van der Waals surface area contributed by atoms with Crippen LogP contribution in [-0.2, 0) is 16.6 Å². The number of carbonyl (C=O) groups excluding carboxylic acids is 1. The number of benzene rings is 2. The van der Waals surface area contributed by atoms with Crippen molar-refractivity contribution in [1.29, 1.82) is 0 Å². The third kappa shape index (κ3) is 2.79. The Hall–Kier alpha value is -1.63. The van der Waals surface area contributed by atoms with Crippen molar-refractivity contribution < 1.29 is 4.79 Å². The van der Waals surface area contributed by atoms with Gasteiger partial charge in [0, 0.05) is 6.42 Å². The molecular formula is C17H20O. The van der Waals surface area contributed by atoms with Gasteiger partial charge < -0.3 is 0 Å². The number of rotatable bonds is 2. The van der Waals surface area contributed by atoms with E-state index in [2.05, 4.69) is 57.2 Å². The number of Topliss-reactive ketones (excluding diaryl/α,β-unsaturated/α-hetero) is 1. The van der Waals surface area contributed by atoms with Crippen LogP contribution in [0.15, 0.2) is 36.4 Å². The maximum Gasteiger partial charge on any atom is 0.134 e. The number of fused-ring (bicyclic) bond motifs is 1. The molecule has 0 radical (unpaired) electrons. The van der Waals surface area contributed by atoms with Gasteiger partial charge in [-0.15, -0.1) is 0 Å². The smallest absolute Gasteiger partial charge is 0.134 e.